The van der Waals surface area contributed by atoms with Crippen molar-refractivity contribution in [1.82, 2.24) is 14.8 Å². The van der Waals surface area contributed by atoms with E-state index in [1.807, 2.05) is 4.57 Å². The number of alkyl halides is 1. The molecule has 1 fully saturated rings. The summed E-state index contributed by atoms with van der Waals surface area (Å²) in [5, 5.41) is 7.77. The third kappa shape index (κ3) is 1.91. The van der Waals surface area contributed by atoms with Crippen LogP contribution in [0.4, 0.5) is 0 Å². The number of hydrogen-bond donors (Lipinski definition) is 0. The van der Waals surface area contributed by atoms with E-state index >= 15 is 0 Å². The van der Waals surface area contributed by atoms with E-state index in [-0.39, 0.29) is 5.60 Å². The molecule has 1 aliphatic heterocycles. The van der Waals surface area contributed by atoms with Crippen molar-refractivity contribution >= 4 is 11.6 Å². The summed E-state index contributed by atoms with van der Waals surface area (Å²) in [4.78, 5) is 0. The summed E-state index contributed by atoms with van der Waals surface area (Å²) in [6.07, 6.45) is 3.94. The standard InChI is InChI=1S/C9H14ClN3O/c1-9(3-2-4-14-9)6-13-7-11-12-8(13)5-10/h7H,2-6H2,1H3. The molecule has 0 N–H and O–H groups in total. The fourth-order valence-electron chi connectivity index (χ4n) is 1.84. The van der Waals surface area contributed by atoms with Gasteiger partial charge in [-0.05, 0) is 19.8 Å². The number of rotatable bonds is 3. The van der Waals surface area contributed by atoms with Crippen molar-refractivity contribution in [3.05, 3.63) is 12.2 Å². The van der Waals surface area contributed by atoms with Crippen molar-refractivity contribution in [1.29, 1.82) is 0 Å². The molecule has 0 spiro atoms. The Morgan fingerprint density at radius 1 is 1.71 bits per heavy atom. The van der Waals surface area contributed by atoms with Crippen molar-refractivity contribution in [2.75, 3.05) is 6.61 Å². The van der Waals surface area contributed by atoms with Gasteiger partial charge in [0.05, 0.1) is 18.0 Å². The monoisotopic (exact) mass is 215 g/mol. The Labute approximate surface area is 88.2 Å². The Morgan fingerprint density at radius 3 is 3.21 bits per heavy atom. The first-order valence-corrected chi connectivity index (χ1v) is 5.34. The Hall–Kier alpha value is -0.610. The number of ether oxygens (including phenoxy) is 1. The summed E-state index contributed by atoms with van der Waals surface area (Å²) in [5.41, 5.74) is -0.0663. The average molecular weight is 216 g/mol. The van der Waals surface area contributed by atoms with Gasteiger partial charge in [-0.25, -0.2) is 0 Å². The van der Waals surface area contributed by atoms with Gasteiger partial charge in [0.1, 0.15) is 12.2 Å². The van der Waals surface area contributed by atoms with Gasteiger partial charge >= 0.3 is 0 Å². The van der Waals surface area contributed by atoms with Crippen LogP contribution in [0.2, 0.25) is 0 Å². The van der Waals surface area contributed by atoms with E-state index in [1.54, 1.807) is 6.33 Å². The fraction of sp³-hybridized carbons (Fsp3) is 0.778. The van der Waals surface area contributed by atoms with Gasteiger partial charge < -0.3 is 9.30 Å². The summed E-state index contributed by atoms with van der Waals surface area (Å²) in [6, 6.07) is 0. The molecule has 1 atom stereocenters. The smallest absolute Gasteiger partial charge is 0.147 e. The van der Waals surface area contributed by atoms with Gasteiger partial charge in [0.15, 0.2) is 0 Å². The van der Waals surface area contributed by atoms with Crippen LogP contribution in [0.1, 0.15) is 25.6 Å². The second-order valence-electron chi connectivity index (χ2n) is 3.91. The van der Waals surface area contributed by atoms with Gasteiger partial charge in [-0.15, -0.1) is 21.8 Å². The van der Waals surface area contributed by atoms with Crippen LogP contribution in [-0.4, -0.2) is 27.0 Å². The topological polar surface area (TPSA) is 39.9 Å². The third-order valence-corrected chi connectivity index (χ3v) is 2.86. The van der Waals surface area contributed by atoms with Gasteiger partial charge in [-0.3, -0.25) is 0 Å². The van der Waals surface area contributed by atoms with E-state index in [1.165, 1.54) is 0 Å². The number of nitrogens with zero attached hydrogens (tertiary/aromatic N) is 3. The van der Waals surface area contributed by atoms with Crippen LogP contribution in [0.15, 0.2) is 6.33 Å². The summed E-state index contributed by atoms with van der Waals surface area (Å²) in [6.45, 7) is 3.77. The molecule has 4 nitrogen and oxygen atoms in total. The van der Waals surface area contributed by atoms with Crippen molar-refractivity contribution < 1.29 is 4.74 Å². The van der Waals surface area contributed by atoms with E-state index in [0.717, 1.165) is 31.8 Å². The molecule has 1 unspecified atom stereocenters. The van der Waals surface area contributed by atoms with Crippen LogP contribution in [0.3, 0.4) is 0 Å². The van der Waals surface area contributed by atoms with Crippen LogP contribution in [-0.2, 0) is 17.2 Å². The predicted molar refractivity (Wildman–Crippen MR) is 53.2 cm³/mol. The minimum atomic E-state index is -0.0663. The molecule has 1 aromatic heterocycles. The van der Waals surface area contributed by atoms with Gasteiger partial charge in [-0.1, -0.05) is 0 Å². The molecule has 0 bridgehead atoms. The number of hydrogen-bond acceptors (Lipinski definition) is 3. The van der Waals surface area contributed by atoms with E-state index in [4.69, 9.17) is 16.3 Å². The summed E-state index contributed by atoms with van der Waals surface area (Å²) < 4.78 is 7.66. The largest absolute Gasteiger partial charge is 0.373 e. The Bertz CT molecular complexity index is 307. The molecule has 5 heteroatoms. The molecule has 1 aliphatic rings. The minimum absolute atomic E-state index is 0.0663. The first-order valence-electron chi connectivity index (χ1n) is 4.80. The highest BCUT2D eigenvalue weighted by atomic mass is 35.5. The average Bonchev–Trinajstić information content (AvgIpc) is 2.75. The summed E-state index contributed by atoms with van der Waals surface area (Å²) >= 11 is 5.74. The maximum Gasteiger partial charge on any atom is 0.147 e. The molecule has 1 aromatic rings. The molecular formula is C9H14ClN3O. The molecular weight excluding hydrogens is 202 g/mol. The highest BCUT2D eigenvalue weighted by Crippen LogP contribution is 2.27. The van der Waals surface area contributed by atoms with Gasteiger partial charge in [0, 0.05) is 6.61 Å². The van der Waals surface area contributed by atoms with Crippen LogP contribution in [0, 0.1) is 0 Å². The maximum absolute atomic E-state index is 5.74. The van der Waals surface area contributed by atoms with Crippen LogP contribution in [0.5, 0.6) is 0 Å². The zero-order chi connectivity index (χ0) is 10.0. The lowest BCUT2D eigenvalue weighted by atomic mass is 10.0. The molecule has 0 amide bonds. The zero-order valence-corrected chi connectivity index (χ0v) is 9.00. The Morgan fingerprint density at radius 2 is 2.57 bits per heavy atom. The molecule has 78 valence electrons. The van der Waals surface area contributed by atoms with Crippen LogP contribution in [0.25, 0.3) is 0 Å². The lowest BCUT2D eigenvalue weighted by Gasteiger charge is -2.23. The lowest BCUT2D eigenvalue weighted by Crippen LogP contribution is -2.29. The van der Waals surface area contributed by atoms with Crippen LogP contribution >= 0.6 is 11.6 Å². The van der Waals surface area contributed by atoms with Gasteiger partial charge in [-0.2, -0.15) is 0 Å². The molecule has 0 radical (unpaired) electrons. The quantitative estimate of drug-likeness (QED) is 0.719. The molecule has 1 saturated heterocycles. The molecule has 2 rings (SSSR count). The lowest BCUT2D eigenvalue weighted by molar-refractivity contribution is 0.00568. The van der Waals surface area contributed by atoms with Crippen molar-refractivity contribution in [3.8, 4) is 0 Å². The molecule has 2 heterocycles. The number of halogens is 1. The molecule has 0 aromatic carbocycles. The van der Waals surface area contributed by atoms with E-state index < -0.39 is 0 Å². The third-order valence-electron chi connectivity index (χ3n) is 2.62. The summed E-state index contributed by atoms with van der Waals surface area (Å²) in [7, 11) is 0. The second kappa shape index (κ2) is 3.87. The Kier molecular flexibility index (Phi) is 2.74. The molecule has 0 aliphatic carbocycles. The van der Waals surface area contributed by atoms with E-state index in [0.29, 0.717) is 5.88 Å². The maximum atomic E-state index is 5.74. The first-order chi connectivity index (χ1) is 6.73. The minimum Gasteiger partial charge on any atom is -0.373 e. The number of aromatic nitrogens is 3. The molecule has 0 saturated carbocycles. The van der Waals surface area contributed by atoms with Crippen LogP contribution < -0.4 is 0 Å². The van der Waals surface area contributed by atoms with E-state index in [2.05, 4.69) is 17.1 Å². The highest BCUT2D eigenvalue weighted by Gasteiger charge is 2.30. The van der Waals surface area contributed by atoms with Gasteiger partial charge in [0.2, 0.25) is 0 Å². The SMILES string of the molecule is CC1(Cn2cnnc2CCl)CCCO1. The normalized spacial score (nSPS) is 27.0. The fourth-order valence-corrected chi connectivity index (χ4v) is 2.04. The molecule has 14 heavy (non-hydrogen) atoms. The van der Waals surface area contributed by atoms with Gasteiger partial charge in [0.25, 0.3) is 0 Å². The van der Waals surface area contributed by atoms with Crippen molar-refractivity contribution in [2.24, 2.45) is 0 Å². The summed E-state index contributed by atoms with van der Waals surface area (Å²) in [5.74, 6) is 1.21. The first kappa shape index (κ1) is 9.93. The van der Waals surface area contributed by atoms with Crippen molar-refractivity contribution in [3.63, 3.8) is 0 Å². The Balaban J connectivity index is 2.09. The zero-order valence-electron chi connectivity index (χ0n) is 8.24. The second-order valence-corrected chi connectivity index (χ2v) is 4.18. The highest BCUT2D eigenvalue weighted by molar-refractivity contribution is 6.16. The van der Waals surface area contributed by atoms with E-state index in [9.17, 15) is 0 Å². The predicted octanol–water partition coefficient (Wildman–Crippen LogP) is 1.59. The van der Waals surface area contributed by atoms with Crippen molar-refractivity contribution in [2.45, 2.75) is 37.8 Å².